The number of nitrogens with one attached hydrogen (secondary N) is 2. The standard InChI is InChI=1S/C18H26N2O/c1-13-6-5-7-16(10-13)18(8-3-4-9-18)20-17(21)14(2)15-11-19-12-15/h5-7,10,14-15,19H,3-4,8-9,11-12H2,1-2H3,(H,20,21). The second-order valence-electron chi connectivity index (χ2n) is 6.85. The molecule has 0 spiro atoms. The third-order valence-electron chi connectivity index (χ3n) is 5.32. The highest BCUT2D eigenvalue weighted by Gasteiger charge is 2.39. The van der Waals surface area contributed by atoms with Gasteiger partial charge in [0.1, 0.15) is 0 Å². The van der Waals surface area contributed by atoms with Gasteiger partial charge in [-0.3, -0.25) is 4.79 Å². The summed E-state index contributed by atoms with van der Waals surface area (Å²) in [4.78, 5) is 12.7. The van der Waals surface area contributed by atoms with Gasteiger partial charge in [-0.2, -0.15) is 0 Å². The van der Waals surface area contributed by atoms with Crippen molar-refractivity contribution in [3.05, 3.63) is 35.4 Å². The highest BCUT2D eigenvalue weighted by atomic mass is 16.2. The van der Waals surface area contributed by atoms with Crippen LogP contribution in [0.5, 0.6) is 0 Å². The van der Waals surface area contributed by atoms with Gasteiger partial charge in [-0.1, -0.05) is 49.6 Å². The quantitative estimate of drug-likeness (QED) is 0.893. The number of rotatable bonds is 4. The second kappa shape index (κ2) is 5.80. The molecule has 2 N–H and O–H groups in total. The average molecular weight is 286 g/mol. The predicted octanol–water partition coefficient (Wildman–Crippen LogP) is 2.74. The molecular weight excluding hydrogens is 260 g/mol. The Hall–Kier alpha value is -1.35. The average Bonchev–Trinajstić information content (AvgIpc) is 2.86. The highest BCUT2D eigenvalue weighted by Crippen LogP contribution is 2.39. The van der Waals surface area contributed by atoms with E-state index in [0.717, 1.165) is 25.9 Å². The lowest BCUT2D eigenvalue weighted by Crippen LogP contribution is -2.53. The lowest BCUT2D eigenvalue weighted by atomic mass is 9.84. The number of carbonyl (C=O) groups is 1. The molecule has 0 bridgehead atoms. The molecule has 1 aliphatic carbocycles. The van der Waals surface area contributed by atoms with Gasteiger partial charge >= 0.3 is 0 Å². The van der Waals surface area contributed by atoms with E-state index in [2.05, 4.69) is 48.7 Å². The molecule has 1 saturated carbocycles. The van der Waals surface area contributed by atoms with Crippen molar-refractivity contribution >= 4 is 5.91 Å². The molecule has 1 saturated heterocycles. The molecule has 1 unspecified atom stereocenters. The summed E-state index contributed by atoms with van der Waals surface area (Å²) in [5, 5.41) is 6.68. The summed E-state index contributed by atoms with van der Waals surface area (Å²) >= 11 is 0. The molecule has 1 atom stereocenters. The van der Waals surface area contributed by atoms with Gasteiger partial charge in [0.05, 0.1) is 5.54 Å². The molecule has 1 heterocycles. The van der Waals surface area contributed by atoms with Crippen molar-refractivity contribution in [2.75, 3.05) is 13.1 Å². The van der Waals surface area contributed by atoms with Gasteiger partial charge in [0.2, 0.25) is 5.91 Å². The third-order valence-corrected chi connectivity index (χ3v) is 5.32. The molecule has 1 amide bonds. The lowest BCUT2D eigenvalue weighted by molar-refractivity contribution is -0.128. The van der Waals surface area contributed by atoms with Crippen LogP contribution in [0.25, 0.3) is 0 Å². The fraction of sp³-hybridized carbons (Fsp3) is 0.611. The smallest absolute Gasteiger partial charge is 0.223 e. The fourth-order valence-corrected chi connectivity index (χ4v) is 3.64. The van der Waals surface area contributed by atoms with Crippen LogP contribution >= 0.6 is 0 Å². The molecule has 3 heteroatoms. The van der Waals surface area contributed by atoms with Crippen molar-refractivity contribution in [3.8, 4) is 0 Å². The maximum absolute atomic E-state index is 12.7. The Bertz CT molecular complexity index is 516. The first-order valence-corrected chi connectivity index (χ1v) is 8.21. The molecule has 3 nitrogen and oxygen atoms in total. The van der Waals surface area contributed by atoms with Gasteiger partial charge < -0.3 is 10.6 Å². The SMILES string of the molecule is Cc1cccc(C2(NC(=O)C(C)C3CNC3)CCCC2)c1. The molecule has 1 aliphatic heterocycles. The van der Waals surface area contributed by atoms with Crippen LogP contribution < -0.4 is 10.6 Å². The first kappa shape index (κ1) is 14.6. The van der Waals surface area contributed by atoms with Crippen LogP contribution in [0.1, 0.15) is 43.7 Å². The van der Waals surface area contributed by atoms with Gasteiger partial charge in [-0.15, -0.1) is 0 Å². The Morgan fingerprint density at radius 3 is 2.62 bits per heavy atom. The highest BCUT2D eigenvalue weighted by molar-refractivity contribution is 5.80. The lowest BCUT2D eigenvalue weighted by Gasteiger charge is -2.36. The monoisotopic (exact) mass is 286 g/mol. The first-order valence-electron chi connectivity index (χ1n) is 8.21. The van der Waals surface area contributed by atoms with Crippen LogP contribution in [0, 0.1) is 18.8 Å². The summed E-state index contributed by atoms with van der Waals surface area (Å²) in [6.45, 7) is 6.15. The summed E-state index contributed by atoms with van der Waals surface area (Å²) in [7, 11) is 0. The van der Waals surface area contributed by atoms with Gasteiger partial charge in [0.15, 0.2) is 0 Å². The molecule has 21 heavy (non-hydrogen) atoms. The van der Waals surface area contributed by atoms with E-state index < -0.39 is 0 Å². The van der Waals surface area contributed by atoms with Crippen molar-refractivity contribution in [2.45, 2.75) is 45.1 Å². The summed E-state index contributed by atoms with van der Waals surface area (Å²) in [5.41, 5.74) is 2.42. The number of hydrogen-bond acceptors (Lipinski definition) is 2. The van der Waals surface area contributed by atoms with E-state index in [4.69, 9.17) is 0 Å². The van der Waals surface area contributed by atoms with Crippen molar-refractivity contribution in [2.24, 2.45) is 11.8 Å². The molecule has 1 aromatic rings. The van der Waals surface area contributed by atoms with E-state index in [1.807, 2.05) is 0 Å². The molecule has 0 aromatic heterocycles. The van der Waals surface area contributed by atoms with Crippen LogP contribution in [0.4, 0.5) is 0 Å². The zero-order chi connectivity index (χ0) is 14.9. The van der Waals surface area contributed by atoms with E-state index in [-0.39, 0.29) is 17.4 Å². The maximum Gasteiger partial charge on any atom is 0.223 e. The number of hydrogen-bond donors (Lipinski definition) is 2. The maximum atomic E-state index is 12.7. The normalized spacial score (nSPS) is 22.6. The number of amides is 1. The third kappa shape index (κ3) is 2.84. The Kier molecular flexibility index (Phi) is 4.03. The second-order valence-corrected chi connectivity index (χ2v) is 6.85. The Labute approximate surface area is 127 Å². The zero-order valence-corrected chi connectivity index (χ0v) is 13.1. The summed E-state index contributed by atoms with van der Waals surface area (Å²) in [6, 6.07) is 8.64. The molecule has 1 aromatic carbocycles. The minimum Gasteiger partial charge on any atom is -0.346 e. The van der Waals surface area contributed by atoms with Gasteiger partial charge in [-0.25, -0.2) is 0 Å². The largest absolute Gasteiger partial charge is 0.346 e. The van der Waals surface area contributed by atoms with Gasteiger partial charge in [0.25, 0.3) is 0 Å². The van der Waals surface area contributed by atoms with Crippen LogP contribution in [-0.2, 0) is 10.3 Å². The predicted molar refractivity (Wildman–Crippen MR) is 85.0 cm³/mol. The van der Waals surface area contributed by atoms with Crippen molar-refractivity contribution < 1.29 is 4.79 Å². The Morgan fingerprint density at radius 2 is 2.05 bits per heavy atom. The van der Waals surface area contributed by atoms with Crippen LogP contribution in [-0.4, -0.2) is 19.0 Å². The summed E-state index contributed by atoms with van der Waals surface area (Å²) in [5.74, 6) is 0.833. The van der Waals surface area contributed by atoms with E-state index in [1.54, 1.807) is 0 Å². The van der Waals surface area contributed by atoms with Crippen LogP contribution in [0.2, 0.25) is 0 Å². The topological polar surface area (TPSA) is 41.1 Å². The van der Waals surface area contributed by atoms with E-state index in [0.29, 0.717) is 5.92 Å². The van der Waals surface area contributed by atoms with Gasteiger partial charge in [-0.05, 0) is 44.3 Å². The molecule has 114 valence electrons. The molecular formula is C18H26N2O. The van der Waals surface area contributed by atoms with E-state index in [9.17, 15) is 4.79 Å². The zero-order valence-electron chi connectivity index (χ0n) is 13.1. The Morgan fingerprint density at radius 1 is 1.33 bits per heavy atom. The molecule has 2 fully saturated rings. The van der Waals surface area contributed by atoms with Gasteiger partial charge in [0, 0.05) is 5.92 Å². The van der Waals surface area contributed by atoms with Crippen molar-refractivity contribution in [1.29, 1.82) is 0 Å². The van der Waals surface area contributed by atoms with Crippen LogP contribution in [0.3, 0.4) is 0 Å². The summed E-state index contributed by atoms with van der Waals surface area (Å²) in [6.07, 6.45) is 4.54. The number of aryl methyl sites for hydroxylation is 1. The molecule has 2 aliphatic rings. The summed E-state index contributed by atoms with van der Waals surface area (Å²) < 4.78 is 0. The molecule has 3 rings (SSSR count). The molecule has 0 radical (unpaired) electrons. The minimum atomic E-state index is -0.130. The number of benzene rings is 1. The van der Waals surface area contributed by atoms with E-state index in [1.165, 1.54) is 24.0 Å². The van der Waals surface area contributed by atoms with Crippen molar-refractivity contribution in [3.63, 3.8) is 0 Å². The Balaban J connectivity index is 1.79. The van der Waals surface area contributed by atoms with Crippen LogP contribution in [0.15, 0.2) is 24.3 Å². The fourth-order valence-electron chi connectivity index (χ4n) is 3.64. The number of carbonyl (C=O) groups excluding carboxylic acids is 1. The van der Waals surface area contributed by atoms with Crippen molar-refractivity contribution in [1.82, 2.24) is 10.6 Å². The minimum absolute atomic E-state index is 0.105. The first-order chi connectivity index (χ1) is 10.1. The van der Waals surface area contributed by atoms with E-state index >= 15 is 0 Å².